The van der Waals surface area contributed by atoms with Gasteiger partial charge in [-0.2, -0.15) is 5.26 Å². The van der Waals surface area contributed by atoms with Crippen molar-refractivity contribution in [3.8, 4) is 17.4 Å². The van der Waals surface area contributed by atoms with Crippen LogP contribution in [0.15, 0.2) is 46.9 Å². The molecule has 1 aliphatic rings. The second kappa shape index (κ2) is 7.67. The minimum Gasteiger partial charge on any atom is -0.451 e. The maximum atomic E-state index is 12.6. The molecule has 2 aromatic rings. The fourth-order valence-corrected chi connectivity index (χ4v) is 2.86. The van der Waals surface area contributed by atoms with Crippen molar-refractivity contribution in [1.82, 2.24) is 10.6 Å². The third-order valence-electron chi connectivity index (χ3n) is 4.54. The molecule has 1 aromatic heterocycles. The van der Waals surface area contributed by atoms with Crippen molar-refractivity contribution in [2.75, 3.05) is 0 Å². The number of nitrogens with one attached hydrogen (secondary N) is 2. The fourth-order valence-electron chi connectivity index (χ4n) is 2.86. The van der Waals surface area contributed by atoms with Crippen molar-refractivity contribution in [3.05, 3.63) is 48.2 Å². The van der Waals surface area contributed by atoms with Crippen molar-refractivity contribution < 1.29 is 14.0 Å². The molecule has 140 valence electrons. The molecule has 6 nitrogen and oxygen atoms in total. The van der Waals surface area contributed by atoms with E-state index in [2.05, 4.69) is 16.7 Å². The van der Waals surface area contributed by atoms with E-state index in [1.165, 1.54) is 0 Å². The Bertz CT molecular complexity index is 860. The molecular weight excluding hydrogens is 342 g/mol. The molecule has 1 aromatic carbocycles. The minimum atomic E-state index is -0.762. The second-order valence-electron chi connectivity index (χ2n) is 7.37. The molecule has 1 heterocycles. The van der Waals surface area contributed by atoms with Gasteiger partial charge >= 0.3 is 0 Å². The Kier molecular flexibility index (Phi) is 5.31. The first-order valence-electron chi connectivity index (χ1n) is 9.12. The number of amides is 2. The smallest absolute Gasteiger partial charge is 0.287 e. The maximum absolute atomic E-state index is 12.6. The van der Waals surface area contributed by atoms with Gasteiger partial charge in [-0.25, -0.2) is 0 Å². The van der Waals surface area contributed by atoms with Gasteiger partial charge in [-0.3, -0.25) is 9.59 Å². The van der Waals surface area contributed by atoms with E-state index in [4.69, 9.17) is 4.42 Å². The standard InChI is InChI=1S/C21H23N3O3/c1-14(2)12-16(19(25)24-21(13-22)10-11-21)23-20(26)18-9-8-17(27-18)15-6-4-3-5-7-15/h3-9,14,16H,10-12H2,1-2H3,(H,23,26)(H,24,25)/t16-/m0/s1. The third kappa shape index (κ3) is 4.56. The fraction of sp³-hybridized carbons (Fsp3) is 0.381. The number of carbonyl (C=O) groups is 2. The zero-order chi connectivity index (χ0) is 19.4. The Labute approximate surface area is 158 Å². The van der Waals surface area contributed by atoms with E-state index in [9.17, 15) is 14.9 Å². The summed E-state index contributed by atoms with van der Waals surface area (Å²) < 4.78 is 5.66. The van der Waals surface area contributed by atoms with Crippen molar-refractivity contribution in [2.24, 2.45) is 5.92 Å². The zero-order valence-corrected chi connectivity index (χ0v) is 15.5. The molecule has 0 saturated heterocycles. The quantitative estimate of drug-likeness (QED) is 0.787. The third-order valence-corrected chi connectivity index (χ3v) is 4.54. The molecule has 1 saturated carbocycles. The monoisotopic (exact) mass is 365 g/mol. The molecule has 0 bridgehead atoms. The minimum absolute atomic E-state index is 0.150. The van der Waals surface area contributed by atoms with E-state index < -0.39 is 17.5 Å². The van der Waals surface area contributed by atoms with Crippen LogP contribution in [-0.4, -0.2) is 23.4 Å². The molecule has 0 spiro atoms. The highest BCUT2D eigenvalue weighted by molar-refractivity contribution is 5.96. The summed E-state index contributed by atoms with van der Waals surface area (Å²) in [6, 6.07) is 14.2. The van der Waals surface area contributed by atoms with Gasteiger partial charge in [-0.1, -0.05) is 44.2 Å². The molecule has 27 heavy (non-hydrogen) atoms. The van der Waals surface area contributed by atoms with Gasteiger partial charge in [0.05, 0.1) is 6.07 Å². The zero-order valence-electron chi connectivity index (χ0n) is 15.5. The van der Waals surface area contributed by atoms with Crippen LogP contribution in [-0.2, 0) is 4.79 Å². The van der Waals surface area contributed by atoms with Crippen LogP contribution >= 0.6 is 0 Å². The van der Waals surface area contributed by atoms with Crippen LogP contribution in [0, 0.1) is 17.2 Å². The average Bonchev–Trinajstić information content (AvgIpc) is 3.25. The molecule has 0 unspecified atom stereocenters. The van der Waals surface area contributed by atoms with Crippen molar-refractivity contribution in [2.45, 2.75) is 44.7 Å². The van der Waals surface area contributed by atoms with E-state index in [0.717, 1.165) is 5.56 Å². The van der Waals surface area contributed by atoms with Crippen molar-refractivity contribution in [3.63, 3.8) is 0 Å². The van der Waals surface area contributed by atoms with Gasteiger partial charge in [0.25, 0.3) is 5.91 Å². The van der Waals surface area contributed by atoms with Crippen molar-refractivity contribution >= 4 is 11.8 Å². The van der Waals surface area contributed by atoms with Crippen LogP contribution in [0.4, 0.5) is 0 Å². The Morgan fingerprint density at radius 3 is 2.48 bits per heavy atom. The normalized spacial score (nSPS) is 15.6. The molecular formula is C21H23N3O3. The molecule has 6 heteroatoms. The summed E-state index contributed by atoms with van der Waals surface area (Å²) in [6.45, 7) is 3.95. The van der Waals surface area contributed by atoms with Gasteiger partial charge < -0.3 is 15.1 Å². The summed E-state index contributed by atoms with van der Waals surface area (Å²) in [5.41, 5.74) is 0.111. The number of nitrogens with zero attached hydrogens (tertiary/aromatic N) is 1. The summed E-state index contributed by atoms with van der Waals surface area (Å²) in [5.74, 6) is 0.171. The molecule has 2 N–H and O–H groups in total. The molecule has 0 radical (unpaired) electrons. The van der Waals surface area contributed by atoms with Crippen LogP contribution in [0.1, 0.15) is 43.7 Å². The van der Waals surface area contributed by atoms with Gasteiger partial charge in [0, 0.05) is 5.56 Å². The van der Waals surface area contributed by atoms with E-state index >= 15 is 0 Å². The Morgan fingerprint density at radius 1 is 1.19 bits per heavy atom. The number of carbonyl (C=O) groups excluding carboxylic acids is 2. The number of furan rings is 1. The lowest BCUT2D eigenvalue weighted by Crippen LogP contribution is -2.50. The Morgan fingerprint density at radius 2 is 1.89 bits per heavy atom. The summed E-state index contributed by atoms with van der Waals surface area (Å²) in [5, 5.41) is 14.7. The first kappa shape index (κ1) is 18.7. The summed E-state index contributed by atoms with van der Waals surface area (Å²) in [7, 11) is 0. The topological polar surface area (TPSA) is 95.1 Å². The molecule has 1 fully saturated rings. The van der Waals surface area contributed by atoms with Gasteiger partial charge in [0.1, 0.15) is 17.3 Å². The molecule has 3 rings (SSSR count). The first-order chi connectivity index (χ1) is 12.9. The van der Waals surface area contributed by atoms with Crippen LogP contribution in [0.3, 0.4) is 0 Å². The molecule has 1 atom stereocenters. The van der Waals surface area contributed by atoms with Crippen molar-refractivity contribution in [1.29, 1.82) is 5.26 Å². The second-order valence-corrected chi connectivity index (χ2v) is 7.37. The van der Waals surface area contributed by atoms with Gasteiger partial charge in [0.15, 0.2) is 5.76 Å². The van der Waals surface area contributed by atoms with Gasteiger partial charge in [-0.05, 0) is 37.3 Å². The largest absolute Gasteiger partial charge is 0.451 e. The van der Waals surface area contributed by atoms with E-state index in [0.29, 0.717) is 25.0 Å². The van der Waals surface area contributed by atoms with E-state index in [1.807, 2.05) is 44.2 Å². The molecule has 0 aliphatic heterocycles. The number of rotatable bonds is 7. The highest BCUT2D eigenvalue weighted by Gasteiger charge is 2.45. The number of hydrogen-bond donors (Lipinski definition) is 2. The number of benzene rings is 1. The lowest BCUT2D eigenvalue weighted by Gasteiger charge is -2.21. The molecule has 1 aliphatic carbocycles. The lowest BCUT2D eigenvalue weighted by atomic mass is 10.0. The summed E-state index contributed by atoms with van der Waals surface area (Å²) in [4.78, 5) is 25.2. The summed E-state index contributed by atoms with van der Waals surface area (Å²) in [6.07, 6.45) is 1.78. The maximum Gasteiger partial charge on any atom is 0.287 e. The SMILES string of the molecule is CC(C)C[C@H](NC(=O)c1ccc(-c2ccccc2)o1)C(=O)NC1(C#N)CC1. The molecule has 2 amide bonds. The lowest BCUT2D eigenvalue weighted by molar-refractivity contribution is -0.123. The van der Waals surface area contributed by atoms with Crippen LogP contribution < -0.4 is 10.6 Å². The number of nitriles is 1. The predicted molar refractivity (Wildman–Crippen MR) is 101 cm³/mol. The van der Waals surface area contributed by atoms with E-state index in [1.54, 1.807) is 12.1 Å². The highest BCUT2D eigenvalue weighted by atomic mass is 16.3. The Balaban J connectivity index is 1.70. The number of hydrogen-bond acceptors (Lipinski definition) is 4. The Hall–Kier alpha value is -3.07. The summed E-state index contributed by atoms with van der Waals surface area (Å²) >= 11 is 0. The van der Waals surface area contributed by atoms with Gasteiger partial charge in [0.2, 0.25) is 5.91 Å². The average molecular weight is 365 g/mol. The van der Waals surface area contributed by atoms with Gasteiger partial charge in [-0.15, -0.1) is 0 Å². The van der Waals surface area contributed by atoms with Crippen LogP contribution in [0.5, 0.6) is 0 Å². The highest BCUT2D eigenvalue weighted by Crippen LogP contribution is 2.34. The van der Waals surface area contributed by atoms with E-state index in [-0.39, 0.29) is 17.6 Å². The first-order valence-corrected chi connectivity index (χ1v) is 9.12. The predicted octanol–water partition coefficient (Wildman–Crippen LogP) is 3.26. The van der Waals surface area contributed by atoms with Crippen LogP contribution in [0.25, 0.3) is 11.3 Å². The van der Waals surface area contributed by atoms with Crippen LogP contribution in [0.2, 0.25) is 0 Å².